The minimum absolute atomic E-state index is 0.0444. The van der Waals surface area contributed by atoms with Crippen molar-refractivity contribution in [1.82, 2.24) is 9.55 Å². The van der Waals surface area contributed by atoms with Gasteiger partial charge in [0.05, 0.1) is 17.0 Å². The number of nitrogens with zero attached hydrogens (tertiary/aromatic N) is 3. The zero-order valence-electron chi connectivity index (χ0n) is 16.2. The molecule has 1 aliphatic carbocycles. The van der Waals surface area contributed by atoms with Gasteiger partial charge in [-0.15, -0.1) is 0 Å². The number of aliphatic hydroxyl groups is 1. The minimum atomic E-state index is -0.644. The van der Waals surface area contributed by atoms with Crippen molar-refractivity contribution in [3.63, 3.8) is 0 Å². The summed E-state index contributed by atoms with van der Waals surface area (Å²) in [7, 11) is 0. The second kappa shape index (κ2) is 6.08. The predicted molar refractivity (Wildman–Crippen MR) is 105 cm³/mol. The molecule has 5 nitrogen and oxygen atoms in total. The number of aryl methyl sites for hydroxylation is 1. The number of rotatable bonds is 3. The number of aromatic nitrogens is 2. The number of anilines is 1. The molecule has 1 unspecified atom stereocenters. The fraction of sp³-hybridized carbons (Fsp3) is 0.619. The van der Waals surface area contributed by atoms with Crippen LogP contribution in [0.15, 0.2) is 16.9 Å². The molecule has 1 aromatic carbocycles. The molecule has 2 heterocycles. The predicted octanol–water partition coefficient (Wildman–Crippen LogP) is 3.72. The first kappa shape index (κ1) is 17.5. The zero-order chi connectivity index (χ0) is 18.6. The molecule has 140 valence electrons. The fourth-order valence-corrected chi connectivity index (χ4v) is 3.98. The lowest BCUT2D eigenvalue weighted by Crippen LogP contribution is -2.41. The molecule has 26 heavy (non-hydrogen) atoms. The van der Waals surface area contributed by atoms with E-state index in [0.29, 0.717) is 16.3 Å². The Kier molecular flexibility index (Phi) is 4.10. The Labute approximate surface area is 154 Å². The van der Waals surface area contributed by atoms with Crippen molar-refractivity contribution in [1.29, 1.82) is 0 Å². The molecule has 1 atom stereocenters. The lowest BCUT2D eigenvalue weighted by Gasteiger charge is -2.38. The molecule has 1 aliphatic heterocycles. The van der Waals surface area contributed by atoms with Gasteiger partial charge in [0, 0.05) is 24.7 Å². The van der Waals surface area contributed by atoms with Crippen LogP contribution in [0.4, 0.5) is 5.95 Å². The number of hydrogen-bond donors (Lipinski definition) is 1. The SMILES string of the molecule is Cc1cc(C(C)O)c2nc(N3CCC(C)(C)CC3)n(C3CC3)c(=O)c2c1. The third kappa shape index (κ3) is 3.02. The lowest BCUT2D eigenvalue weighted by molar-refractivity contribution is 0.200. The molecule has 0 amide bonds. The van der Waals surface area contributed by atoms with E-state index in [9.17, 15) is 9.90 Å². The highest BCUT2D eigenvalue weighted by Gasteiger charge is 2.33. The summed E-state index contributed by atoms with van der Waals surface area (Å²) < 4.78 is 1.92. The molecule has 2 aromatic rings. The van der Waals surface area contributed by atoms with Gasteiger partial charge in [0.15, 0.2) is 0 Å². The molecule has 2 aliphatic rings. The number of piperidine rings is 1. The Bertz CT molecular complexity index is 900. The molecular weight excluding hydrogens is 326 g/mol. The smallest absolute Gasteiger partial charge is 0.263 e. The summed E-state index contributed by atoms with van der Waals surface area (Å²) in [5.74, 6) is 0.797. The third-order valence-electron chi connectivity index (χ3n) is 5.92. The molecule has 0 bridgehead atoms. The molecular formula is C21H29N3O2. The highest BCUT2D eigenvalue weighted by atomic mass is 16.3. The van der Waals surface area contributed by atoms with Crippen LogP contribution in [0.3, 0.4) is 0 Å². The van der Waals surface area contributed by atoms with Gasteiger partial charge in [0.1, 0.15) is 0 Å². The first-order chi connectivity index (χ1) is 12.3. The van der Waals surface area contributed by atoms with Crippen molar-refractivity contribution < 1.29 is 5.11 Å². The van der Waals surface area contributed by atoms with Crippen LogP contribution in [0, 0.1) is 12.3 Å². The molecule has 0 radical (unpaired) electrons. The third-order valence-corrected chi connectivity index (χ3v) is 5.92. The van der Waals surface area contributed by atoms with E-state index in [1.807, 2.05) is 23.6 Å². The van der Waals surface area contributed by atoms with E-state index >= 15 is 0 Å². The van der Waals surface area contributed by atoms with Crippen molar-refractivity contribution in [2.75, 3.05) is 18.0 Å². The van der Waals surface area contributed by atoms with Crippen LogP contribution in [0.1, 0.15) is 69.7 Å². The van der Waals surface area contributed by atoms with Gasteiger partial charge in [0.2, 0.25) is 5.95 Å². The summed E-state index contributed by atoms with van der Waals surface area (Å²) in [4.78, 5) is 20.6. The molecule has 5 heteroatoms. The topological polar surface area (TPSA) is 58.4 Å². The average Bonchev–Trinajstić information content (AvgIpc) is 3.39. The molecule has 1 aromatic heterocycles. The molecule has 1 saturated carbocycles. The number of hydrogen-bond acceptors (Lipinski definition) is 4. The van der Waals surface area contributed by atoms with E-state index in [-0.39, 0.29) is 11.6 Å². The van der Waals surface area contributed by atoms with Crippen LogP contribution in [0.2, 0.25) is 0 Å². The lowest BCUT2D eigenvalue weighted by atomic mass is 9.83. The van der Waals surface area contributed by atoms with Crippen LogP contribution < -0.4 is 10.5 Å². The fourth-order valence-electron chi connectivity index (χ4n) is 3.98. The van der Waals surface area contributed by atoms with Crippen LogP contribution in [0.25, 0.3) is 10.9 Å². The minimum Gasteiger partial charge on any atom is -0.389 e. The summed E-state index contributed by atoms with van der Waals surface area (Å²) in [5, 5.41) is 10.9. The van der Waals surface area contributed by atoms with Gasteiger partial charge in [-0.05, 0) is 56.6 Å². The average molecular weight is 355 g/mol. The summed E-state index contributed by atoms with van der Waals surface area (Å²) in [6.07, 6.45) is 3.66. The maximum atomic E-state index is 13.3. The molecule has 1 N–H and O–H groups in total. The summed E-state index contributed by atoms with van der Waals surface area (Å²) in [6, 6.07) is 4.14. The largest absolute Gasteiger partial charge is 0.389 e. The van der Waals surface area contributed by atoms with Gasteiger partial charge in [-0.3, -0.25) is 9.36 Å². The molecule has 2 fully saturated rings. The van der Waals surface area contributed by atoms with E-state index in [1.54, 1.807) is 6.92 Å². The van der Waals surface area contributed by atoms with Crippen LogP contribution in [-0.2, 0) is 0 Å². The van der Waals surface area contributed by atoms with E-state index in [0.717, 1.165) is 55.8 Å². The molecule has 1 saturated heterocycles. The van der Waals surface area contributed by atoms with E-state index in [2.05, 4.69) is 18.7 Å². The van der Waals surface area contributed by atoms with Crippen molar-refractivity contribution >= 4 is 16.9 Å². The Morgan fingerprint density at radius 3 is 2.46 bits per heavy atom. The highest BCUT2D eigenvalue weighted by molar-refractivity contribution is 5.83. The van der Waals surface area contributed by atoms with E-state index in [4.69, 9.17) is 4.98 Å². The number of fused-ring (bicyclic) bond motifs is 1. The standard InChI is InChI=1S/C21H29N3O2/c1-13-11-16(14(2)25)18-17(12-13)19(26)24(15-5-6-15)20(22-18)23-9-7-21(3,4)8-10-23/h11-12,14-15,25H,5-10H2,1-4H3. The number of benzene rings is 1. The van der Waals surface area contributed by atoms with Crippen molar-refractivity contribution in [2.24, 2.45) is 5.41 Å². The van der Waals surface area contributed by atoms with Crippen LogP contribution in [0.5, 0.6) is 0 Å². The monoisotopic (exact) mass is 355 g/mol. The van der Waals surface area contributed by atoms with Gasteiger partial charge in [-0.2, -0.15) is 0 Å². The quantitative estimate of drug-likeness (QED) is 0.912. The highest BCUT2D eigenvalue weighted by Crippen LogP contribution is 2.39. The second-order valence-corrected chi connectivity index (χ2v) is 8.90. The maximum absolute atomic E-state index is 13.3. The first-order valence-electron chi connectivity index (χ1n) is 9.77. The Morgan fingerprint density at radius 2 is 1.88 bits per heavy atom. The van der Waals surface area contributed by atoms with E-state index in [1.165, 1.54) is 0 Å². The van der Waals surface area contributed by atoms with Gasteiger partial charge < -0.3 is 10.0 Å². The Morgan fingerprint density at radius 1 is 1.23 bits per heavy atom. The molecule has 0 spiro atoms. The van der Waals surface area contributed by atoms with Gasteiger partial charge in [0.25, 0.3) is 5.56 Å². The van der Waals surface area contributed by atoms with Crippen molar-refractivity contribution in [2.45, 2.75) is 65.5 Å². The first-order valence-corrected chi connectivity index (χ1v) is 9.77. The summed E-state index contributed by atoms with van der Waals surface area (Å²) >= 11 is 0. The van der Waals surface area contributed by atoms with Crippen molar-refractivity contribution in [3.05, 3.63) is 33.6 Å². The Hall–Kier alpha value is -1.88. The number of aliphatic hydroxyl groups excluding tert-OH is 1. The zero-order valence-corrected chi connectivity index (χ0v) is 16.2. The van der Waals surface area contributed by atoms with Crippen LogP contribution >= 0.6 is 0 Å². The van der Waals surface area contributed by atoms with Gasteiger partial charge in [-0.1, -0.05) is 19.9 Å². The summed E-state index contributed by atoms with van der Waals surface area (Å²) in [5.41, 5.74) is 2.79. The van der Waals surface area contributed by atoms with Gasteiger partial charge >= 0.3 is 0 Å². The summed E-state index contributed by atoms with van der Waals surface area (Å²) in [6.45, 7) is 10.2. The van der Waals surface area contributed by atoms with Gasteiger partial charge in [-0.25, -0.2) is 4.98 Å². The Balaban J connectivity index is 1.91. The van der Waals surface area contributed by atoms with E-state index < -0.39 is 6.10 Å². The second-order valence-electron chi connectivity index (χ2n) is 8.90. The van der Waals surface area contributed by atoms with Crippen molar-refractivity contribution in [3.8, 4) is 0 Å². The van der Waals surface area contributed by atoms with Crippen LogP contribution in [-0.4, -0.2) is 27.7 Å². The normalized spacial score (nSPS) is 21.2. The maximum Gasteiger partial charge on any atom is 0.263 e. The molecule has 4 rings (SSSR count).